The van der Waals surface area contributed by atoms with E-state index in [-0.39, 0.29) is 11.6 Å². The summed E-state index contributed by atoms with van der Waals surface area (Å²) in [5.74, 6) is -1.22. The molecule has 0 unspecified atom stereocenters. The van der Waals surface area contributed by atoms with Crippen LogP contribution in [0.4, 0.5) is 30.9 Å². The fraction of sp³-hybridized carbons (Fsp3) is 0.150. The number of anilines is 3. The lowest BCUT2D eigenvalue weighted by atomic mass is 10.1. The average Bonchev–Trinajstić information content (AvgIpc) is 2.71. The summed E-state index contributed by atoms with van der Waals surface area (Å²) in [7, 11) is 0. The number of aromatic nitrogens is 2. The van der Waals surface area contributed by atoms with Gasteiger partial charge in [0.15, 0.2) is 17.5 Å². The van der Waals surface area contributed by atoms with Crippen LogP contribution in [0.15, 0.2) is 48.8 Å². The minimum Gasteiger partial charge on any atom is -0.382 e. The van der Waals surface area contributed by atoms with Crippen LogP contribution in [0.2, 0.25) is 5.02 Å². The molecule has 0 bridgehead atoms. The minimum atomic E-state index is -0.868. The highest BCUT2D eigenvalue weighted by Crippen LogP contribution is 2.21. The van der Waals surface area contributed by atoms with E-state index in [1.807, 2.05) is 0 Å². The normalized spacial score (nSPS) is 10.6. The Morgan fingerprint density at radius 3 is 2.57 bits per heavy atom. The topological polar surface area (TPSA) is 105 Å². The Kier molecular flexibility index (Phi) is 7.10. The van der Waals surface area contributed by atoms with Crippen molar-refractivity contribution in [3.63, 3.8) is 0 Å². The number of hydrogen-bond donors (Lipinski definition) is 4. The summed E-state index contributed by atoms with van der Waals surface area (Å²) in [6.07, 6.45) is 3.30. The molecule has 156 valence electrons. The Morgan fingerprint density at radius 1 is 1.03 bits per heavy atom. The molecule has 0 aliphatic carbocycles. The van der Waals surface area contributed by atoms with Crippen LogP contribution in [0.5, 0.6) is 0 Å². The van der Waals surface area contributed by atoms with E-state index in [2.05, 4.69) is 25.9 Å². The Balaban J connectivity index is 1.47. The SMILES string of the molecule is Nc1cnc(NC(=O)Nc2ccc(CCNCc3ccc(F)c(F)c3)c(Cl)c2)cn1. The third kappa shape index (κ3) is 6.10. The summed E-state index contributed by atoms with van der Waals surface area (Å²) >= 11 is 6.30. The lowest BCUT2D eigenvalue weighted by Crippen LogP contribution is -2.20. The van der Waals surface area contributed by atoms with Gasteiger partial charge in [0.1, 0.15) is 5.82 Å². The van der Waals surface area contributed by atoms with Gasteiger partial charge in [-0.05, 0) is 48.4 Å². The highest BCUT2D eigenvalue weighted by atomic mass is 35.5. The van der Waals surface area contributed by atoms with E-state index < -0.39 is 17.7 Å². The summed E-state index contributed by atoms with van der Waals surface area (Å²) in [5, 5.41) is 8.84. The van der Waals surface area contributed by atoms with Crippen LogP contribution in [-0.4, -0.2) is 22.5 Å². The second-order valence-electron chi connectivity index (χ2n) is 6.39. The van der Waals surface area contributed by atoms with Gasteiger partial charge in [0.05, 0.1) is 12.4 Å². The zero-order valence-electron chi connectivity index (χ0n) is 15.8. The Hall–Kier alpha value is -3.30. The molecule has 0 saturated carbocycles. The van der Waals surface area contributed by atoms with Gasteiger partial charge in [-0.2, -0.15) is 0 Å². The number of nitrogens with two attached hydrogens (primary N) is 1. The monoisotopic (exact) mass is 432 g/mol. The van der Waals surface area contributed by atoms with Crippen LogP contribution in [0.3, 0.4) is 0 Å². The molecule has 0 aliphatic heterocycles. The Bertz CT molecular complexity index is 1030. The summed E-state index contributed by atoms with van der Waals surface area (Å²) in [5.41, 5.74) is 7.49. The Labute approximate surface area is 176 Å². The van der Waals surface area contributed by atoms with Gasteiger partial charge < -0.3 is 16.4 Å². The van der Waals surface area contributed by atoms with E-state index in [0.717, 1.165) is 17.7 Å². The average molecular weight is 433 g/mol. The molecule has 0 saturated heterocycles. The molecule has 1 aromatic heterocycles. The maximum atomic E-state index is 13.2. The molecule has 5 N–H and O–H groups in total. The van der Waals surface area contributed by atoms with Gasteiger partial charge in [-0.1, -0.05) is 23.7 Å². The number of nitrogens with one attached hydrogen (secondary N) is 3. The number of nitrogens with zero attached hydrogens (tertiary/aromatic N) is 2. The van der Waals surface area contributed by atoms with Crippen LogP contribution < -0.4 is 21.7 Å². The lowest BCUT2D eigenvalue weighted by molar-refractivity contribution is 0.262. The Morgan fingerprint density at radius 2 is 1.87 bits per heavy atom. The second-order valence-corrected chi connectivity index (χ2v) is 6.79. The van der Waals surface area contributed by atoms with E-state index in [4.69, 9.17) is 17.3 Å². The molecule has 10 heteroatoms. The first-order valence-electron chi connectivity index (χ1n) is 8.99. The van der Waals surface area contributed by atoms with Gasteiger partial charge in [0, 0.05) is 17.3 Å². The van der Waals surface area contributed by atoms with Crippen LogP contribution in [0, 0.1) is 11.6 Å². The van der Waals surface area contributed by atoms with E-state index in [1.165, 1.54) is 18.5 Å². The molecule has 0 fully saturated rings. The summed E-state index contributed by atoms with van der Waals surface area (Å²) in [4.78, 5) is 19.8. The van der Waals surface area contributed by atoms with Crippen molar-refractivity contribution in [3.05, 3.63) is 76.6 Å². The number of rotatable bonds is 7. The number of amides is 2. The number of nitrogen functional groups attached to an aromatic ring is 1. The van der Waals surface area contributed by atoms with Crippen molar-refractivity contribution in [3.8, 4) is 0 Å². The fourth-order valence-corrected chi connectivity index (χ4v) is 2.89. The highest BCUT2D eigenvalue weighted by Gasteiger charge is 2.07. The first-order valence-corrected chi connectivity index (χ1v) is 9.37. The van der Waals surface area contributed by atoms with Crippen molar-refractivity contribution in [2.45, 2.75) is 13.0 Å². The van der Waals surface area contributed by atoms with Gasteiger partial charge >= 0.3 is 6.03 Å². The summed E-state index contributed by atoms with van der Waals surface area (Å²) < 4.78 is 26.1. The second kappa shape index (κ2) is 9.95. The van der Waals surface area contributed by atoms with Crippen molar-refractivity contribution in [2.75, 3.05) is 22.9 Å². The maximum Gasteiger partial charge on any atom is 0.324 e. The number of benzene rings is 2. The predicted octanol–water partition coefficient (Wildman–Crippen LogP) is 3.97. The van der Waals surface area contributed by atoms with Crippen molar-refractivity contribution in [2.24, 2.45) is 0 Å². The number of halogens is 3. The molecule has 0 aliphatic rings. The van der Waals surface area contributed by atoms with E-state index >= 15 is 0 Å². The van der Waals surface area contributed by atoms with Crippen molar-refractivity contribution in [1.82, 2.24) is 15.3 Å². The maximum absolute atomic E-state index is 13.2. The van der Waals surface area contributed by atoms with Gasteiger partial charge in [0.2, 0.25) is 0 Å². The van der Waals surface area contributed by atoms with E-state index in [0.29, 0.717) is 35.8 Å². The van der Waals surface area contributed by atoms with Crippen molar-refractivity contribution < 1.29 is 13.6 Å². The number of carbonyl (C=O) groups excluding carboxylic acids is 1. The molecule has 3 aromatic rings. The highest BCUT2D eigenvalue weighted by molar-refractivity contribution is 6.31. The smallest absolute Gasteiger partial charge is 0.324 e. The van der Waals surface area contributed by atoms with Gasteiger partial charge in [-0.25, -0.2) is 23.5 Å². The zero-order chi connectivity index (χ0) is 21.5. The molecule has 3 rings (SSSR count). The molecule has 7 nitrogen and oxygen atoms in total. The standard InChI is InChI=1S/C20H19ClF2N6O/c21-15-8-14(28-20(30)29-19-11-26-18(24)10-27-19)3-2-13(15)5-6-25-9-12-1-4-16(22)17(23)7-12/h1-4,7-8,10-11,25H,5-6,9H2,(H2,24,26)(H2,27,28,29,30). The van der Waals surface area contributed by atoms with Crippen molar-refractivity contribution >= 4 is 35.0 Å². The molecule has 30 heavy (non-hydrogen) atoms. The third-order valence-corrected chi connectivity index (χ3v) is 4.46. The lowest BCUT2D eigenvalue weighted by Gasteiger charge is -2.10. The van der Waals surface area contributed by atoms with E-state index in [9.17, 15) is 13.6 Å². The van der Waals surface area contributed by atoms with Crippen LogP contribution >= 0.6 is 11.6 Å². The minimum absolute atomic E-state index is 0.252. The van der Waals surface area contributed by atoms with Crippen LogP contribution in [-0.2, 0) is 13.0 Å². The first-order chi connectivity index (χ1) is 14.4. The van der Waals surface area contributed by atoms with Crippen LogP contribution in [0.1, 0.15) is 11.1 Å². The molecule has 2 amide bonds. The van der Waals surface area contributed by atoms with E-state index in [1.54, 1.807) is 18.2 Å². The molecule has 1 heterocycles. The third-order valence-electron chi connectivity index (χ3n) is 4.11. The van der Waals surface area contributed by atoms with Crippen LogP contribution in [0.25, 0.3) is 0 Å². The number of urea groups is 1. The van der Waals surface area contributed by atoms with Gasteiger partial charge in [-0.15, -0.1) is 0 Å². The van der Waals surface area contributed by atoms with Crippen molar-refractivity contribution in [1.29, 1.82) is 0 Å². The quantitative estimate of drug-likeness (QED) is 0.423. The van der Waals surface area contributed by atoms with Gasteiger partial charge in [-0.3, -0.25) is 5.32 Å². The number of carbonyl (C=O) groups is 1. The molecule has 2 aromatic carbocycles. The first kappa shape index (κ1) is 21.4. The predicted molar refractivity (Wildman–Crippen MR) is 112 cm³/mol. The molecular formula is C20H19ClF2N6O. The molecule has 0 spiro atoms. The number of hydrogen-bond acceptors (Lipinski definition) is 5. The zero-order valence-corrected chi connectivity index (χ0v) is 16.5. The summed E-state index contributed by atoms with van der Waals surface area (Å²) in [6, 6.07) is 8.47. The largest absolute Gasteiger partial charge is 0.382 e. The summed E-state index contributed by atoms with van der Waals surface area (Å²) in [6.45, 7) is 0.991. The molecular weight excluding hydrogens is 414 g/mol. The van der Waals surface area contributed by atoms with Gasteiger partial charge in [0.25, 0.3) is 0 Å². The molecule has 0 atom stereocenters. The molecule has 0 radical (unpaired) electrons. The fourth-order valence-electron chi connectivity index (χ4n) is 2.61.